The van der Waals surface area contributed by atoms with E-state index in [0.717, 1.165) is 31.3 Å². The van der Waals surface area contributed by atoms with Crippen molar-refractivity contribution in [1.29, 1.82) is 0 Å². The van der Waals surface area contributed by atoms with Crippen LogP contribution >= 0.6 is 11.3 Å². The number of rotatable bonds is 4. The van der Waals surface area contributed by atoms with Gasteiger partial charge in [0.2, 0.25) is 0 Å². The minimum atomic E-state index is 0.00536. The molecule has 2 fully saturated rings. The molecule has 1 amide bonds. The van der Waals surface area contributed by atoms with Crippen molar-refractivity contribution in [2.75, 3.05) is 43.9 Å². The molecule has 1 saturated carbocycles. The number of amides is 1. The van der Waals surface area contributed by atoms with Crippen LogP contribution in [0.2, 0.25) is 0 Å². The van der Waals surface area contributed by atoms with Gasteiger partial charge in [-0.3, -0.25) is 4.79 Å². The maximum absolute atomic E-state index is 12.6. The number of nitrogens with two attached hydrogens (primary N) is 1. The van der Waals surface area contributed by atoms with E-state index in [0.29, 0.717) is 16.6 Å². The number of nitrogen functional groups attached to an aromatic ring is 1. The minimum absolute atomic E-state index is 0.00536. The Morgan fingerprint density at radius 2 is 2.14 bits per heavy atom. The van der Waals surface area contributed by atoms with Crippen molar-refractivity contribution in [2.24, 2.45) is 5.92 Å². The number of carbonyl (C=O) groups excluding carboxylic acids is 1. The van der Waals surface area contributed by atoms with Crippen LogP contribution in [0.15, 0.2) is 0 Å². The first-order valence-corrected chi connectivity index (χ1v) is 8.38. The van der Waals surface area contributed by atoms with Gasteiger partial charge >= 0.3 is 0 Å². The molecule has 0 aromatic carbocycles. The summed E-state index contributed by atoms with van der Waals surface area (Å²) < 4.78 is 0. The van der Waals surface area contributed by atoms with Crippen LogP contribution in [0.4, 0.5) is 10.9 Å². The van der Waals surface area contributed by atoms with Crippen LogP contribution in [0.5, 0.6) is 0 Å². The van der Waals surface area contributed by atoms with Gasteiger partial charge in [-0.05, 0) is 25.7 Å². The summed E-state index contributed by atoms with van der Waals surface area (Å²) in [4.78, 5) is 21.6. The summed E-state index contributed by atoms with van der Waals surface area (Å²) in [6, 6.07) is 0.279. The molecule has 1 aromatic heterocycles. The average molecular weight is 309 g/mol. The van der Waals surface area contributed by atoms with E-state index in [9.17, 15) is 4.79 Å². The van der Waals surface area contributed by atoms with E-state index in [2.05, 4.69) is 22.1 Å². The molecular weight excluding hydrogens is 286 g/mol. The number of anilines is 2. The Kier molecular flexibility index (Phi) is 4.03. The van der Waals surface area contributed by atoms with Gasteiger partial charge in [0, 0.05) is 39.3 Å². The number of piperazine rings is 1. The maximum Gasteiger partial charge on any atom is 0.267 e. The molecule has 0 spiro atoms. The number of aromatic nitrogens is 1. The summed E-state index contributed by atoms with van der Waals surface area (Å²) >= 11 is 1.42. The summed E-state index contributed by atoms with van der Waals surface area (Å²) in [7, 11) is 1.87. The molecule has 21 heavy (non-hydrogen) atoms. The van der Waals surface area contributed by atoms with Crippen molar-refractivity contribution < 1.29 is 4.79 Å². The van der Waals surface area contributed by atoms with E-state index in [1.54, 1.807) is 0 Å². The second kappa shape index (κ2) is 5.81. The topological polar surface area (TPSA) is 74.5 Å². The lowest BCUT2D eigenvalue weighted by Gasteiger charge is -2.26. The highest BCUT2D eigenvalue weighted by molar-refractivity contribution is 7.18. The molecule has 1 atom stereocenters. The monoisotopic (exact) mass is 309 g/mol. The molecule has 1 unspecified atom stereocenters. The summed E-state index contributed by atoms with van der Waals surface area (Å²) in [5.41, 5.74) is 5.99. The number of hydrogen-bond donors (Lipinski definition) is 2. The Hall–Kier alpha value is -1.34. The molecule has 6 nitrogen and oxygen atoms in total. The Morgan fingerprint density at radius 1 is 1.48 bits per heavy atom. The quantitative estimate of drug-likeness (QED) is 0.868. The SMILES string of the molecule is CC(C1CC1)N(C)C(=O)c1sc(N2CCNCC2)nc1N. The lowest BCUT2D eigenvalue weighted by Crippen LogP contribution is -2.43. The number of nitrogens with zero attached hydrogens (tertiary/aromatic N) is 3. The molecule has 3 rings (SSSR count). The second-order valence-corrected chi connectivity index (χ2v) is 6.92. The van der Waals surface area contributed by atoms with Crippen LogP contribution in [0.25, 0.3) is 0 Å². The summed E-state index contributed by atoms with van der Waals surface area (Å²) in [5, 5.41) is 4.18. The van der Waals surface area contributed by atoms with E-state index >= 15 is 0 Å². The Bertz CT molecular complexity index is 521. The Labute approximate surface area is 129 Å². The molecular formula is C14H23N5OS. The zero-order valence-corrected chi connectivity index (χ0v) is 13.4. The smallest absolute Gasteiger partial charge is 0.267 e. The summed E-state index contributed by atoms with van der Waals surface area (Å²) in [5.74, 6) is 1.03. The molecule has 1 aromatic rings. The normalized spacial score (nSPS) is 20.4. The van der Waals surface area contributed by atoms with Crippen LogP contribution in [0, 0.1) is 5.92 Å². The third kappa shape index (κ3) is 2.98. The molecule has 1 aliphatic carbocycles. The van der Waals surface area contributed by atoms with Crippen LogP contribution < -0.4 is 16.0 Å². The van der Waals surface area contributed by atoms with Crippen molar-refractivity contribution in [3.8, 4) is 0 Å². The van der Waals surface area contributed by atoms with Crippen LogP contribution in [-0.2, 0) is 0 Å². The van der Waals surface area contributed by atoms with E-state index in [1.807, 2.05) is 11.9 Å². The van der Waals surface area contributed by atoms with Gasteiger partial charge in [-0.1, -0.05) is 11.3 Å². The second-order valence-electron chi connectivity index (χ2n) is 5.94. The van der Waals surface area contributed by atoms with E-state index in [-0.39, 0.29) is 11.9 Å². The first kappa shape index (κ1) is 14.6. The number of carbonyl (C=O) groups is 1. The standard InChI is InChI=1S/C14H23N5OS/c1-9(10-3-4-10)18(2)13(20)11-12(15)17-14(21-11)19-7-5-16-6-8-19/h9-10,16H,3-8,15H2,1-2H3. The maximum atomic E-state index is 12.6. The van der Waals surface area contributed by atoms with E-state index in [1.165, 1.54) is 24.2 Å². The molecule has 1 saturated heterocycles. The minimum Gasteiger partial charge on any atom is -0.382 e. The summed E-state index contributed by atoms with van der Waals surface area (Å²) in [6.45, 7) is 5.83. The molecule has 7 heteroatoms. The van der Waals surface area contributed by atoms with E-state index < -0.39 is 0 Å². The molecule has 2 aliphatic rings. The molecule has 2 heterocycles. The molecule has 1 aliphatic heterocycles. The third-order valence-electron chi connectivity index (χ3n) is 4.46. The van der Waals surface area contributed by atoms with Crippen molar-refractivity contribution in [3.05, 3.63) is 4.88 Å². The first-order valence-electron chi connectivity index (χ1n) is 7.57. The van der Waals surface area contributed by atoms with Gasteiger partial charge in [0.15, 0.2) is 5.13 Å². The predicted octanol–water partition coefficient (Wildman–Crippen LogP) is 1.01. The first-order chi connectivity index (χ1) is 10.1. The van der Waals surface area contributed by atoms with Gasteiger partial charge in [-0.2, -0.15) is 0 Å². The third-order valence-corrected chi connectivity index (χ3v) is 5.58. The highest BCUT2D eigenvalue weighted by Crippen LogP contribution is 2.36. The Morgan fingerprint density at radius 3 is 2.76 bits per heavy atom. The van der Waals surface area contributed by atoms with Gasteiger partial charge in [0.25, 0.3) is 5.91 Å². The predicted molar refractivity (Wildman–Crippen MR) is 85.9 cm³/mol. The highest BCUT2D eigenvalue weighted by Gasteiger charge is 2.34. The molecule has 116 valence electrons. The van der Waals surface area contributed by atoms with Gasteiger partial charge < -0.3 is 20.9 Å². The van der Waals surface area contributed by atoms with Crippen LogP contribution in [0.3, 0.4) is 0 Å². The Balaban J connectivity index is 1.75. The van der Waals surface area contributed by atoms with Gasteiger partial charge in [0.1, 0.15) is 10.7 Å². The van der Waals surface area contributed by atoms with Gasteiger partial charge in [0.05, 0.1) is 0 Å². The van der Waals surface area contributed by atoms with Crippen molar-refractivity contribution in [2.45, 2.75) is 25.8 Å². The van der Waals surface area contributed by atoms with Crippen molar-refractivity contribution >= 4 is 28.2 Å². The number of hydrogen-bond acceptors (Lipinski definition) is 6. The fraction of sp³-hybridized carbons (Fsp3) is 0.714. The van der Waals surface area contributed by atoms with Crippen LogP contribution in [0.1, 0.15) is 29.4 Å². The molecule has 3 N–H and O–H groups in total. The largest absolute Gasteiger partial charge is 0.382 e. The molecule has 0 radical (unpaired) electrons. The van der Waals surface area contributed by atoms with Gasteiger partial charge in [-0.25, -0.2) is 4.98 Å². The van der Waals surface area contributed by atoms with Crippen molar-refractivity contribution in [1.82, 2.24) is 15.2 Å². The zero-order valence-electron chi connectivity index (χ0n) is 12.6. The lowest BCUT2D eigenvalue weighted by atomic mass is 10.2. The zero-order chi connectivity index (χ0) is 15.0. The lowest BCUT2D eigenvalue weighted by molar-refractivity contribution is 0.0733. The van der Waals surface area contributed by atoms with Gasteiger partial charge in [-0.15, -0.1) is 0 Å². The van der Waals surface area contributed by atoms with E-state index in [4.69, 9.17) is 5.73 Å². The summed E-state index contributed by atoms with van der Waals surface area (Å²) in [6.07, 6.45) is 2.45. The van der Waals surface area contributed by atoms with Crippen LogP contribution in [-0.4, -0.2) is 55.1 Å². The van der Waals surface area contributed by atoms with Crippen molar-refractivity contribution in [3.63, 3.8) is 0 Å². The number of nitrogens with one attached hydrogen (secondary N) is 1. The fourth-order valence-electron chi connectivity index (χ4n) is 2.70. The molecule has 0 bridgehead atoms. The average Bonchev–Trinajstić information content (AvgIpc) is 3.28. The number of thiazole rings is 1. The highest BCUT2D eigenvalue weighted by atomic mass is 32.1. The fourth-order valence-corrected chi connectivity index (χ4v) is 3.72.